The zero-order valence-electron chi connectivity index (χ0n) is 12.3. The van der Waals surface area contributed by atoms with Gasteiger partial charge in [0.1, 0.15) is 0 Å². The van der Waals surface area contributed by atoms with Crippen molar-refractivity contribution in [3.8, 4) is 0 Å². The van der Waals surface area contributed by atoms with Crippen LogP contribution in [0.4, 0.5) is 5.69 Å². The molecule has 0 saturated heterocycles. The van der Waals surface area contributed by atoms with Crippen LogP contribution in [0.25, 0.3) is 10.9 Å². The first-order valence-electron chi connectivity index (χ1n) is 7.99. The molecule has 2 heteroatoms. The van der Waals surface area contributed by atoms with Crippen molar-refractivity contribution in [3.63, 3.8) is 0 Å². The molecular weight excluding hydrogens is 244 g/mol. The molecule has 1 N–H and O–H groups in total. The number of fused-ring (bicyclic) bond motifs is 1. The summed E-state index contributed by atoms with van der Waals surface area (Å²) in [5.41, 5.74) is 2.32. The van der Waals surface area contributed by atoms with Crippen LogP contribution in [0.15, 0.2) is 36.5 Å². The lowest BCUT2D eigenvalue weighted by Crippen LogP contribution is -2.30. The minimum Gasteiger partial charge on any atom is -0.381 e. The van der Waals surface area contributed by atoms with E-state index in [1.807, 2.05) is 6.20 Å². The Morgan fingerprint density at radius 1 is 1.15 bits per heavy atom. The number of nitrogens with zero attached hydrogens (tertiary/aromatic N) is 1. The molecule has 0 bridgehead atoms. The summed E-state index contributed by atoms with van der Waals surface area (Å²) in [5, 5.41) is 5.04. The van der Waals surface area contributed by atoms with Crippen molar-refractivity contribution in [3.05, 3.63) is 36.5 Å². The van der Waals surface area contributed by atoms with Gasteiger partial charge in [0.25, 0.3) is 0 Å². The Balaban J connectivity index is 1.83. The molecule has 2 nitrogen and oxygen atoms in total. The number of nitrogens with one attached hydrogen (secondary N) is 1. The van der Waals surface area contributed by atoms with Crippen LogP contribution in [-0.4, -0.2) is 11.0 Å². The van der Waals surface area contributed by atoms with Crippen molar-refractivity contribution in [2.24, 2.45) is 5.92 Å². The van der Waals surface area contributed by atoms with Crippen molar-refractivity contribution >= 4 is 16.6 Å². The first-order valence-corrected chi connectivity index (χ1v) is 7.99. The van der Waals surface area contributed by atoms with Crippen LogP contribution in [0.5, 0.6) is 0 Å². The van der Waals surface area contributed by atoms with E-state index in [1.165, 1.54) is 49.6 Å². The summed E-state index contributed by atoms with van der Waals surface area (Å²) in [5.74, 6) is 0.834. The van der Waals surface area contributed by atoms with Gasteiger partial charge in [-0.15, -0.1) is 0 Å². The first kappa shape index (κ1) is 13.4. The predicted molar refractivity (Wildman–Crippen MR) is 86.0 cm³/mol. The average molecular weight is 268 g/mol. The molecule has 1 unspecified atom stereocenters. The van der Waals surface area contributed by atoms with Crippen LogP contribution in [0.2, 0.25) is 0 Å². The van der Waals surface area contributed by atoms with Gasteiger partial charge in [0.15, 0.2) is 0 Å². The minimum atomic E-state index is 0.598. The molecule has 3 rings (SSSR count). The second kappa shape index (κ2) is 6.25. The van der Waals surface area contributed by atoms with E-state index in [1.54, 1.807) is 0 Å². The number of benzene rings is 1. The molecule has 0 amide bonds. The van der Waals surface area contributed by atoms with Crippen molar-refractivity contribution in [2.45, 2.75) is 51.5 Å². The highest BCUT2D eigenvalue weighted by Gasteiger charge is 2.22. The van der Waals surface area contributed by atoms with Crippen LogP contribution in [-0.2, 0) is 0 Å². The number of anilines is 1. The number of para-hydroxylation sites is 1. The Labute approximate surface area is 121 Å². The maximum Gasteiger partial charge on any atom is 0.0722 e. The van der Waals surface area contributed by atoms with Gasteiger partial charge in [-0.25, -0.2) is 0 Å². The number of hydrogen-bond acceptors (Lipinski definition) is 2. The molecule has 0 aliphatic heterocycles. The van der Waals surface area contributed by atoms with Gasteiger partial charge in [-0.3, -0.25) is 4.98 Å². The SMILES string of the molecule is CCC(Nc1ccnc2ccccc12)C1CCCCC1. The van der Waals surface area contributed by atoms with E-state index in [4.69, 9.17) is 0 Å². The molecule has 1 fully saturated rings. The first-order chi connectivity index (χ1) is 9.88. The Bertz CT molecular complexity index is 553. The number of aromatic nitrogens is 1. The van der Waals surface area contributed by atoms with Gasteiger partial charge >= 0.3 is 0 Å². The van der Waals surface area contributed by atoms with Crippen LogP contribution in [0.1, 0.15) is 45.4 Å². The van der Waals surface area contributed by atoms with E-state index in [9.17, 15) is 0 Å². The monoisotopic (exact) mass is 268 g/mol. The third-order valence-electron chi connectivity index (χ3n) is 4.65. The number of hydrogen-bond donors (Lipinski definition) is 1. The Morgan fingerprint density at radius 2 is 1.95 bits per heavy atom. The van der Waals surface area contributed by atoms with Gasteiger partial charge in [-0.2, -0.15) is 0 Å². The topological polar surface area (TPSA) is 24.9 Å². The van der Waals surface area contributed by atoms with Crippen LogP contribution in [0, 0.1) is 5.92 Å². The summed E-state index contributed by atoms with van der Waals surface area (Å²) < 4.78 is 0. The summed E-state index contributed by atoms with van der Waals surface area (Å²) in [6.45, 7) is 2.30. The predicted octanol–water partition coefficient (Wildman–Crippen LogP) is 5.01. The van der Waals surface area contributed by atoms with Crippen molar-refractivity contribution in [2.75, 3.05) is 5.32 Å². The lowest BCUT2D eigenvalue weighted by atomic mass is 9.83. The highest BCUT2D eigenvalue weighted by atomic mass is 14.9. The van der Waals surface area contributed by atoms with Crippen molar-refractivity contribution < 1.29 is 0 Å². The van der Waals surface area contributed by atoms with Gasteiger partial charge in [0.05, 0.1) is 5.52 Å². The van der Waals surface area contributed by atoms with Gasteiger partial charge < -0.3 is 5.32 Å². The Hall–Kier alpha value is -1.57. The maximum absolute atomic E-state index is 4.45. The normalized spacial score (nSPS) is 18.1. The van der Waals surface area contributed by atoms with E-state index in [0.29, 0.717) is 6.04 Å². The summed E-state index contributed by atoms with van der Waals surface area (Å²) >= 11 is 0. The molecule has 1 aliphatic carbocycles. The number of rotatable bonds is 4. The standard InChI is InChI=1S/C18H24N2/c1-2-16(14-8-4-3-5-9-14)20-18-12-13-19-17-11-7-6-10-15(17)18/h6-7,10-14,16H,2-5,8-9H2,1H3,(H,19,20). The van der Waals surface area contributed by atoms with Crippen LogP contribution < -0.4 is 5.32 Å². The maximum atomic E-state index is 4.45. The minimum absolute atomic E-state index is 0.598. The quantitative estimate of drug-likeness (QED) is 0.843. The smallest absolute Gasteiger partial charge is 0.0722 e. The molecule has 20 heavy (non-hydrogen) atoms. The fraction of sp³-hybridized carbons (Fsp3) is 0.500. The van der Waals surface area contributed by atoms with Crippen molar-refractivity contribution in [1.82, 2.24) is 4.98 Å². The van der Waals surface area contributed by atoms with Gasteiger partial charge in [-0.05, 0) is 37.3 Å². The molecule has 1 aliphatic rings. The highest BCUT2D eigenvalue weighted by Crippen LogP contribution is 2.31. The molecule has 0 spiro atoms. The molecule has 1 aromatic carbocycles. The Morgan fingerprint density at radius 3 is 2.75 bits per heavy atom. The summed E-state index contributed by atoms with van der Waals surface area (Å²) in [4.78, 5) is 4.45. The van der Waals surface area contributed by atoms with E-state index in [0.717, 1.165) is 11.4 Å². The molecular formula is C18H24N2. The fourth-order valence-corrected chi connectivity index (χ4v) is 3.51. The second-order valence-electron chi connectivity index (χ2n) is 5.93. The third-order valence-corrected chi connectivity index (χ3v) is 4.65. The summed E-state index contributed by atoms with van der Waals surface area (Å²) in [6, 6.07) is 11.1. The van der Waals surface area contributed by atoms with E-state index >= 15 is 0 Å². The van der Waals surface area contributed by atoms with E-state index in [2.05, 4.69) is 47.6 Å². The molecule has 0 radical (unpaired) electrons. The summed E-state index contributed by atoms with van der Waals surface area (Å²) in [6.07, 6.45) is 10.1. The molecule has 1 atom stereocenters. The zero-order valence-corrected chi connectivity index (χ0v) is 12.3. The van der Waals surface area contributed by atoms with Crippen LogP contribution >= 0.6 is 0 Å². The summed E-state index contributed by atoms with van der Waals surface area (Å²) in [7, 11) is 0. The zero-order chi connectivity index (χ0) is 13.8. The van der Waals surface area contributed by atoms with E-state index in [-0.39, 0.29) is 0 Å². The number of pyridine rings is 1. The average Bonchev–Trinajstić information content (AvgIpc) is 2.53. The molecule has 106 valence electrons. The lowest BCUT2D eigenvalue weighted by molar-refractivity contribution is 0.313. The van der Waals surface area contributed by atoms with Gasteiger partial charge in [0.2, 0.25) is 0 Å². The van der Waals surface area contributed by atoms with Gasteiger partial charge in [-0.1, -0.05) is 44.4 Å². The Kier molecular flexibility index (Phi) is 4.19. The lowest BCUT2D eigenvalue weighted by Gasteiger charge is -2.31. The molecule has 2 aromatic rings. The highest BCUT2D eigenvalue weighted by molar-refractivity contribution is 5.90. The molecule has 1 saturated carbocycles. The van der Waals surface area contributed by atoms with Crippen LogP contribution in [0.3, 0.4) is 0 Å². The fourth-order valence-electron chi connectivity index (χ4n) is 3.51. The molecule has 1 aromatic heterocycles. The molecule has 1 heterocycles. The van der Waals surface area contributed by atoms with Crippen molar-refractivity contribution in [1.29, 1.82) is 0 Å². The second-order valence-corrected chi connectivity index (χ2v) is 5.93. The largest absolute Gasteiger partial charge is 0.381 e. The third kappa shape index (κ3) is 2.79. The van der Waals surface area contributed by atoms with E-state index < -0.39 is 0 Å². The van der Waals surface area contributed by atoms with Gasteiger partial charge in [0, 0.05) is 23.3 Å².